The average Bonchev–Trinajstić information content (AvgIpc) is 2.80. The van der Waals surface area contributed by atoms with Crippen LogP contribution in [0.15, 0.2) is 77.8 Å². The average molecular weight is 449 g/mol. The van der Waals surface area contributed by atoms with E-state index in [4.69, 9.17) is 4.98 Å². The van der Waals surface area contributed by atoms with E-state index in [-0.39, 0.29) is 4.90 Å². The van der Waals surface area contributed by atoms with Crippen molar-refractivity contribution in [2.75, 3.05) is 11.3 Å². The highest BCUT2D eigenvalue weighted by molar-refractivity contribution is 7.92. The molecule has 0 saturated carbocycles. The maximum Gasteiger partial charge on any atom is 0.261 e. The molecule has 162 valence electrons. The van der Waals surface area contributed by atoms with Gasteiger partial charge in [0.2, 0.25) is 0 Å². The summed E-state index contributed by atoms with van der Waals surface area (Å²) in [6.07, 6.45) is 2.56. The van der Waals surface area contributed by atoms with Crippen molar-refractivity contribution in [3.63, 3.8) is 0 Å². The van der Waals surface area contributed by atoms with Gasteiger partial charge in [-0.3, -0.25) is 14.6 Å². The molecule has 0 fully saturated rings. The summed E-state index contributed by atoms with van der Waals surface area (Å²) in [6.45, 7) is 2.20. The van der Waals surface area contributed by atoms with Crippen molar-refractivity contribution in [3.8, 4) is 0 Å². The second kappa shape index (κ2) is 8.29. The van der Waals surface area contributed by atoms with Crippen molar-refractivity contribution in [2.45, 2.75) is 24.4 Å². The molecule has 0 amide bonds. The van der Waals surface area contributed by atoms with Gasteiger partial charge in [-0.05, 0) is 66.1 Å². The molecule has 0 aliphatic carbocycles. The summed E-state index contributed by atoms with van der Waals surface area (Å²) >= 11 is 0. The first-order valence-electron chi connectivity index (χ1n) is 10.3. The van der Waals surface area contributed by atoms with Gasteiger partial charge in [0.1, 0.15) is 5.82 Å². The number of anilines is 1. The van der Waals surface area contributed by atoms with E-state index in [2.05, 4.69) is 14.6 Å². The minimum atomic E-state index is -3.75. The maximum atomic E-state index is 13.1. The number of halogens is 1. The first kappa shape index (κ1) is 20.5. The Balaban J connectivity index is 1.30. The largest absolute Gasteiger partial charge is 0.293 e. The number of benzene rings is 3. The summed E-state index contributed by atoms with van der Waals surface area (Å²) in [7, 11) is -3.75. The fourth-order valence-corrected chi connectivity index (χ4v) is 5.03. The number of rotatable bonds is 5. The van der Waals surface area contributed by atoms with Gasteiger partial charge in [0.05, 0.1) is 27.8 Å². The molecule has 1 aliphatic rings. The Kier molecular flexibility index (Phi) is 5.32. The van der Waals surface area contributed by atoms with Gasteiger partial charge < -0.3 is 0 Å². The highest BCUT2D eigenvalue weighted by Gasteiger charge is 2.21. The van der Waals surface area contributed by atoms with Crippen LogP contribution in [0.1, 0.15) is 16.8 Å². The van der Waals surface area contributed by atoms with Crippen LogP contribution in [0.5, 0.6) is 0 Å². The SMILES string of the molecule is O=S(=O)(Nc1ccc(F)cc1)c1ccc2c(c1)CCN(Cc1cnc3ccccc3n1)C2. The molecule has 4 aromatic rings. The first-order valence-corrected chi connectivity index (χ1v) is 11.8. The molecule has 0 saturated heterocycles. The number of nitrogens with zero attached hydrogens (tertiary/aromatic N) is 3. The van der Waals surface area contributed by atoms with E-state index in [9.17, 15) is 12.8 Å². The van der Waals surface area contributed by atoms with Crippen molar-refractivity contribution >= 4 is 26.7 Å². The quantitative estimate of drug-likeness (QED) is 0.497. The summed E-state index contributed by atoms with van der Waals surface area (Å²) < 4.78 is 41.1. The molecule has 1 aromatic heterocycles. The Morgan fingerprint density at radius 1 is 0.969 bits per heavy atom. The molecular formula is C24H21FN4O2S. The van der Waals surface area contributed by atoms with E-state index < -0.39 is 15.8 Å². The number of sulfonamides is 1. The molecule has 0 spiro atoms. The lowest BCUT2D eigenvalue weighted by molar-refractivity contribution is 0.242. The Bertz CT molecular complexity index is 1390. The fraction of sp³-hybridized carbons (Fsp3) is 0.167. The minimum Gasteiger partial charge on any atom is -0.293 e. The summed E-state index contributed by atoms with van der Waals surface area (Å²) in [5.74, 6) is -0.416. The van der Waals surface area contributed by atoms with Gasteiger partial charge in [-0.15, -0.1) is 0 Å². The molecule has 0 unspecified atom stereocenters. The summed E-state index contributed by atoms with van der Waals surface area (Å²) in [4.78, 5) is 11.7. The lowest BCUT2D eigenvalue weighted by Crippen LogP contribution is -2.30. The molecule has 8 heteroatoms. The molecule has 0 atom stereocenters. The van der Waals surface area contributed by atoms with Gasteiger partial charge in [0.15, 0.2) is 0 Å². The topological polar surface area (TPSA) is 75.2 Å². The molecule has 5 rings (SSSR count). The van der Waals surface area contributed by atoms with Crippen molar-refractivity contribution in [3.05, 3.63) is 95.6 Å². The Morgan fingerprint density at radius 2 is 1.75 bits per heavy atom. The van der Waals surface area contributed by atoms with Gasteiger partial charge in [-0.2, -0.15) is 0 Å². The molecule has 0 bridgehead atoms. The van der Waals surface area contributed by atoms with Crippen LogP contribution in [0.3, 0.4) is 0 Å². The highest BCUT2D eigenvalue weighted by Crippen LogP contribution is 2.25. The van der Waals surface area contributed by atoms with E-state index in [0.717, 1.165) is 47.4 Å². The molecule has 1 N–H and O–H groups in total. The Hall–Kier alpha value is -3.36. The second-order valence-electron chi connectivity index (χ2n) is 7.85. The normalized spacial score (nSPS) is 14.3. The van der Waals surface area contributed by atoms with Crippen LogP contribution in [0, 0.1) is 5.82 Å². The van der Waals surface area contributed by atoms with Crippen molar-refractivity contribution in [2.24, 2.45) is 0 Å². The Morgan fingerprint density at radius 3 is 2.56 bits per heavy atom. The second-order valence-corrected chi connectivity index (χ2v) is 9.54. The van der Waals surface area contributed by atoms with Crippen molar-refractivity contribution in [1.29, 1.82) is 0 Å². The van der Waals surface area contributed by atoms with E-state index in [1.807, 2.05) is 36.5 Å². The van der Waals surface area contributed by atoms with Gasteiger partial charge in [-0.25, -0.2) is 17.8 Å². The third-order valence-electron chi connectivity index (χ3n) is 5.56. The zero-order chi connectivity index (χ0) is 22.1. The molecule has 6 nitrogen and oxygen atoms in total. The third kappa shape index (κ3) is 4.32. The Labute approximate surface area is 185 Å². The summed E-state index contributed by atoms with van der Waals surface area (Å²) in [5.41, 5.74) is 5.12. The fourth-order valence-electron chi connectivity index (χ4n) is 3.92. The van der Waals surface area contributed by atoms with E-state index in [0.29, 0.717) is 12.2 Å². The molecular weight excluding hydrogens is 427 g/mol. The minimum absolute atomic E-state index is 0.203. The predicted octanol–water partition coefficient (Wildman–Crippen LogP) is 4.13. The van der Waals surface area contributed by atoms with Crippen LogP contribution >= 0.6 is 0 Å². The number of hydrogen-bond acceptors (Lipinski definition) is 5. The summed E-state index contributed by atoms with van der Waals surface area (Å²) in [6, 6.07) is 18.3. The van der Waals surface area contributed by atoms with E-state index in [1.165, 1.54) is 24.3 Å². The van der Waals surface area contributed by atoms with Crippen LogP contribution in [0.2, 0.25) is 0 Å². The zero-order valence-corrected chi connectivity index (χ0v) is 18.0. The summed E-state index contributed by atoms with van der Waals surface area (Å²) in [5, 5.41) is 0. The highest BCUT2D eigenvalue weighted by atomic mass is 32.2. The lowest BCUT2D eigenvalue weighted by atomic mass is 10.00. The van der Waals surface area contributed by atoms with Gasteiger partial charge in [0, 0.05) is 25.3 Å². The maximum absolute atomic E-state index is 13.1. The number of nitrogens with one attached hydrogen (secondary N) is 1. The van der Waals surface area contributed by atoms with Crippen LogP contribution in [0.4, 0.5) is 10.1 Å². The number of hydrogen-bond donors (Lipinski definition) is 1. The number of fused-ring (bicyclic) bond motifs is 2. The predicted molar refractivity (Wildman–Crippen MR) is 121 cm³/mol. The molecule has 2 heterocycles. The molecule has 32 heavy (non-hydrogen) atoms. The number of aromatic nitrogens is 2. The van der Waals surface area contributed by atoms with Crippen LogP contribution < -0.4 is 4.72 Å². The third-order valence-corrected chi connectivity index (χ3v) is 6.94. The molecule has 1 aliphatic heterocycles. The van der Waals surface area contributed by atoms with Gasteiger partial charge in [-0.1, -0.05) is 18.2 Å². The van der Waals surface area contributed by atoms with Gasteiger partial charge >= 0.3 is 0 Å². The van der Waals surface area contributed by atoms with Crippen LogP contribution in [-0.2, 0) is 29.5 Å². The van der Waals surface area contributed by atoms with E-state index >= 15 is 0 Å². The van der Waals surface area contributed by atoms with E-state index in [1.54, 1.807) is 12.1 Å². The number of para-hydroxylation sites is 2. The van der Waals surface area contributed by atoms with Crippen LogP contribution in [0.25, 0.3) is 11.0 Å². The molecule has 3 aromatic carbocycles. The lowest BCUT2D eigenvalue weighted by Gasteiger charge is -2.28. The first-order chi connectivity index (χ1) is 15.5. The van der Waals surface area contributed by atoms with Crippen molar-refractivity contribution < 1.29 is 12.8 Å². The van der Waals surface area contributed by atoms with Crippen LogP contribution in [-0.4, -0.2) is 29.8 Å². The monoisotopic (exact) mass is 448 g/mol. The smallest absolute Gasteiger partial charge is 0.261 e. The zero-order valence-electron chi connectivity index (χ0n) is 17.2. The molecule has 0 radical (unpaired) electrons. The van der Waals surface area contributed by atoms with Gasteiger partial charge in [0.25, 0.3) is 10.0 Å². The van der Waals surface area contributed by atoms with Crippen molar-refractivity contribution in [1.82, 2.24) is 14.9 Å². The standard InChI is InChI=1S/C24H21FN4O2S/c25-19-6-8-20(9-7-19)28-32(30,31)22-10-5-18-15-29(12-11-17(18)13-22)16-21-14-26-23-3-1-2-4-24(23)27-21/h1-10,13-14,28H,11-12,15-16H2.